The van der Waals surface area contributed by atoms with Crippen LogP contribution < -0.4 is 0 Å². The number of aryl methyl sites for hydroxylation is 1. The molecule has 1 N–H and O–H groups in total. The van der Waals surface area contributed by atoms with Crippen molar-refractivity contribution in [3.63, 3.8) is 0 Å². The Kier molecular flexibility index (Phi) is 3.52. The number of carbonyl (C=O) groups excluding carboxylic acids is 1. The molecule has 0 fully saturated rings. The summed E-state index contributed by atoms with van der Waals surface area (Å²) >= 11 is 6.98. The predicted octanol–water partition coefficient (Wildman–Crippen LogP) is 5.23. The van der Waals surface area contributed by atoms with E-state index in [-0.39, 0.29) is 5.78 Å². The van der Waals surface area contributed by atoms with Crippen LogP contribution in [0.5, 0.6) is 0 Å². The van der Waals surface area contributed by atoms with Crippen molar-refractivity contribution in [3.8, 4) is 0 Å². The average Bonchev–Trinajstić information content (AvgIpc) is 2.86. The van der Waals surface area contributed by atoms with E-state index in [9.17, 15) is 4.79 Å². The zero-order valence-electron chi connectivity index (χ0n) is 10.7. The minimum absolute atomic E-state index is 0.0175. The summed E-state index contributed by atoms with van der Waals surface area (Å²) < 4.78 is 1.87. The average molecular weight is 393 g/mol. The first-order valence-electron chi connectivity index (χ1n) is 6.14. The monoisotopic (exact) mass is 391 g/mol. The summed E-state index contributed by atoms with van der Waals surface area (Å²) in [4.78, 5) is 15.8. The normalized spacial score (nSPS) is 10.9. The molecule has 0 atom stereocenters. The molecular weight excluding hydrogens is 382 g/mol. The van der Waals surface area contributed by atoms with Gasteiger partial charge in [-0.2, -0.15) is 0 Å². The van der Waals surface area contributed by atoms with Crippen molar-refractivity contribution in [2.75, 3.05) is 0 Å². The number of carbonyl (C=O) groups is 1. The standard InChI is InChI=1S/C16H11Br2NO/c1-9-5-6-10(7-13(9)18)16(20)11-8-19-14-4-2-3-12(17)15(11)14/h2-8,19H,1H3. The molecule has 2 aromatic carbocycles. The molecule has 0 aliphatic rings. The number of rotatable bonds is 2. The molecule has 0 saturated carbocycles. The Morgan fingerprint density at radius 1 is 1.10 bits per heavy atom. The maximum Gasteiger partial charge on any atom is 0.195 e. The minimum atomic E-state index is 0.0175. The van der Waals surface area contributed by atoms with Crippen LogP contribution in [0.4, 0.5) is 0 Å². The summed E-state index contributed by atoms with van der Waals surface area (Å²) in [6.45, 7) is 2.00. The van der Waals surface area contributed by atoms with Gasteiger partial charge in [0.05, 0.1) is 0 Å². The molecule has 0 aliphatic carbocycles. The molecule has 0 saturated heterocycles. The van der Waals surface area contributed by atoms with E-state index in [4.69, 9.17) is 0 Å². The lowest BCUT2D eigenvalue weighted by Gasteiger charge is -2.04. The lowest BCUT2D eigenvalue weighted by Crippen LogP contribution is -2.00. The molecule has 1 aromatic heterocycles. The van der Waals surface area contributed by atoms with Gasteiger partial charge in [-0.1, -0.05) is 50.1 Å². The Balaban J connectivity index is 2.15. The van der Waals surface area contributed by atoms with Crippen LogP contribution in [0.25, 0.3) is 10.9 Å². The van der Waals surface area contributed by atoms with Crippen molar-refractivity contribution >= 4 is 48.5 Å². The highest BCUT2D eigenvalue weighted by Crippen LogP contribution is 2.29. The van der Waals surface area contributed by atoms with Crippen LogP contribution in [0.15, 0.2) is 51.5 Å². The first-order valence-corrected chi connectivity index (χ1v) is 7.73. The summed E-state index contributed by atoms with van der Waals surface area (Å²) in [7, 11) is 0. The Hall–Kier alpha value is -1.39. The van der Waals surface area contributed by atoms with Crippen molar-refractivity contribution in [2.45, 2.75) is 6.92 Å². The second kappa shape index (κ2) is 5.19. The molecule has 4 heteroatoms. The summed E-state index contributed by atoms with van der Waals surface area (Å²) in [5, 5.41) is 0.925. The van der Waals surface area contributed by atoms with Gasteiger partial charge in [0, 0.05) is 37.2 Å². The zero-order chi connectivity index (χ0) is 14.3. The van der Waals surface area contributed by atoms with Gasteiger partial charge in [0.1, 0.15) is 0 Å². The van der Waals surface area contributed by atoms with Crippen molar-refractivity contribution in [2.24, 2.45) is 0 Å². The van der Waals surface area contributed by atoms with Gasteiger partial charge in [-0.25, -0.2) is 0 Å². The maximum atomic E-state index is 12.7. The number of aromatic amines is 1. The van der Waals surface area contributed by atoms with Gasteiger partial charge >= 0.3 is 0 Å². The van der Waals surface area contributed by atoms with Gasteiger partial charge in [0.2, 0.25) is 0 Å². The number of nitrogens with one attached hydrogen (secondary N) is 1. The van der Waals surface area contributed by atoms with Crippen LogP contribution >= 0.6 is 31.9 Å². The lowest BCUT2D eigenvalue weighted by molar-refractivity contribution is 0.104. The van der Waals surface area contributed by atoms with Crippen LogP contribution in [0.3, 0.4) is 0 Å². The Morgan fingerprint density at radius 2 is 1.90 bits per heavy atom. The molecule has 3 rings (SSSR count). The predicted molar refractivity (Wildman–Crippen MR) is 88.3 cm³/mol. The molecule has 100 valence electrons. The van der Waals surface area contributed by atoms with Crippen LogP contribution in [-0.4, -0.2) is 10.8 Å². The Morgan fingerprint density at radius 3 is 2.65 bits per heavy atom. The third kappa shape index (κ3) is 2.23. The number of hydrogen-bond donors (Lipinski definition) is 1. The second-order valence-electron chi connectivity index (χ2n) is 4.66. The molecule has 20 heavy (non-hydrogen) atoms. The van der Waals surface area contributed by atoms with Crippen LogP contribution in [0.2, 0.25) is 0 Å². The Labute approximate surface area is 133 Å². The fourth-order valence-electron chi connectivity index (χ4n) is 2.21. The van der Waals surface area contributed by atoms with E-state index in [1.54, 1.807) is 6.20 Å². The molecule has 0 spiro atoms. The molecule has 2 nitrogen and oxygen atoms in total. The highest BCUT2D eigenvalue weighted by Gasteiger charge is 2.16. The van der Waals surface area contributed by atoms with Gasteiger partial charge in [0.25, 0.3) is 0 Å². The lowest BCUT2D eigenvalue weighted by atomic mass is 10.0. The van der Waals surface area contributed by atoms with Crippen molar-refractivity contribution in [3.05, 3.63) is 68.2 Å². The zero-order valence-corrected chi connectivity index (χ0v) is 13.9. The number of hydrogen-bond acceptors (Lipinski definition) is 1. The third-order valence-corrected chi connectivity index (χ3v) is 4.85. The molecule has 0 radical (unpaired) electrons. The largest absolute Gasteiger partial charge is 0.360 e. The molecule has 0 aliphatic heterocycles. The van der Waals surface area contributed by atoms with Gasteiger partial charge in [0.15, 0.2) is 5.78 Å². The molecule has 0 bridgehead atoms. The highest BCUT2D eigenvalue weighted by atomic mass is 79.9. The van der Waals surface area contributed by atoms with E-state index < -0.39 is 0 Å². The third-order valence-electron chi connectivity index (χ3n) is 3.33. The van der Waals surface area contributed by atoms with Crippen molar-refractivity contribution in [1.82, 2.24) is 4.98 Å². The van der Waals surface area contributed by atoms with E-state index in [2.05, 4.69) is 36.8 Å². The van der Waals surface area contributed by atoms with E-state index >= 15 is 0 Å². The first-order chi connectivity index (χ1) is 9.58. The number of H-pyrrole nitrogens is 1. The van der Waals surface area contributed by atoms with Crippen molar-refractivity contribution < 1.29 is 4.79 Å². The Bertz CT molecular complexity index is 820. The number of fused-ring (bicyclic) bond motifs is 1. The first kappa shape index (κ1) is 13.6. The number of ketones is 1. The molecular formula is C16H11Br2NO. The summed E-state index contributed by atoms with van der Waals surface area (Å²) in [5.74, 6) is 0.0175. The van der Waals surface area contributed by atoms with E-state index in [1.807, 2.05) is 43.3 Å². The SMILES string of the molecule is Cc1ccc(C(=O)c2c[nH]c3cccc(Br)c23)cc1Br. The molecule has 0 unspecified atom stereocenters. The maximum absolute atomic E-state index is 12.7. The smallest absolute Gasteiger partial charge is 0.195 e. The van der Waals surface area contributed by atoms with Gasteiger partial charge in [-0.05, 0) is 30.7 Å². The quantitative estimate of drug-likeness (QED) is 0.595. The van der Waals surface area contributed by atoms with Gasteiger partial charge < -0.3 is 4.98 Å². The number of aromatic nitrogens is 1. The van der Waals surface area contributed by atoms with Crippen molar-refractivity contribution in [1.29, 1.82) is 0 Å². The second-order valence-corrected chi connectivity index (χ2v) is 6.37. The topological polar surface area (TPSA) is 32.9 Å². The minimum Gasteiger partial charge on any atom is -0.360 e. The van der Waals surface area contributed by atoms with Gasteiger partial charge in [-0.3, -0.25) is 4.79 Å². The number of halogens is 2. The van der Waals surface area contributed by atoms with E-state index in [1.165, 1.54) is 0 Å². The fraction of sp³-hybridized carbons (Fsp3) is 0.0625. The van der Waals surface area contributed by atoms with Gasteiger partial charge in [-0.15, -0.1) is 0 Å². The van der Waals surface area contributed by atoms with Crippen LogP contribution in [0.1, 0.15) is 21.5 Å². The summed E-state index contributed by atoms with van der Waals surface area (Å²) in [6, 6.07) is 11.5. The summed E-state index contributed by atoms with van der Waals surface area (Å²) in [5.41, 5.74) is 3.43. The summed E-state index contributed by atoms with van der Waals surface area (Å²) in [6.07, 6.45) is 1.77. The van der Waals surface area contributed by atoms with E-state index in [0.717, 1.165) is 25.4 Å². The molecule has 3 aromatic rings. The fourth-order valence-corrected chi connectivity index (χ4v) is 3.17. The molecule has 0 amide bonds. The highest BCUT2D eigenvalue weighted by molar-refractivity contribution is 9.11. The van der Waals surface area contributed by atoms with Crippen LogP contribution in [0, 0.1) is 6.92 Å². The molecule has 1 heterocycles. The number of benzene rings is 2. The van der Waals surface area contributed by atoms with E-state index in [0.29, 0.717) is 11.1 Å². The van der Waals surface area contributed by atoms with Crippen LogP contribution in [-0.2, 0) is 0 Å².